The molecule has 2 aromatic carbocycles. The second-order valence-corrected chi connectivity index (χ2v) is 8.55. The summed E-state index contributed by atoms with van der Waals surface area (Å²) in [4.78, 5) is 22.9. The minimum atomic E-state index is -0.877. The van der Waals surface area contributed by atoms with Crippen molar-refractivity contribution < 1.29 is 23.7 Å². The van der Waals surface area contributed by atoms with E-state index in [0.29, 0.717) is 34.1 Å². The van der Waals surface area contributed by atoms with Crippen LogP contribution in [0.5, 0.6) is 23.0 Å². The Morgan fingerprint density at radius 3 is 1.40 bits per heavy atom. The minimum absolute atomic E-state index is 0.224. The number of carbonyl (C=O) groups is 1. The van der Waals surface area contributed by atoms with E-state index in [-0.39, 0.29) is 22.5 Å². The maximum absolute atomic E-state index is 14.1. The number of methoxy groups -OCH3 is 4. The van der Waals surface area contributed by atoms with E-state index in [9.17, 15) is 15.3 Å². The Labute approximate surface area is 232 Å². The summed E-state index contributed by atoms with van der Waals surface area (Å²) in [6.45, 7) is 0. The first-order valence-corrected chi connectivity index (χ1v) is 12.2. The Hall–Kier alpha value is -5.41. The number of nitriles is 2. The molecule has 40 heavy (non-hydrogen) atoms. The Kier molecular flexibility index (Phi) is 8.58. The number of hydrogen-bond donors (Lipinski definition) is 0. The lowest BCUT2D eigenvalue weighted by Gasteiger charge is -2.18. The van der Waals surface area contributed by atoms with Gasteiger partial charge in [-0.1, -0.05) is 12.1 Å². The quantitative estimate of drug-likeness (QED) is 0.257. The fourth-order valence-corrected chi connectivity index (χ4v) is 4.48. The van der Waals surface area contributed by atoms with E-state index in [2.05, 4.69) is 22.1 Å². The van der Waals surface area contributed by atoms with Gasteiger partial charge in [-0.2, -0.15) is 10.5 Å². The van der Waals surface area contributed by atoms with E-state index in [0.717, 1.165) is 0 Å². The van der Waals surface area contributed by atoms with Crippen LogP contribution in [0.4, 0.5) is 0 Å². The molecule has 0 saturated heterocycles. The van der Waals surface area contributed by atoms with E-state index < -0.39 is 17.6 Å². The topological polar surface area (TPSA) is 127 Å². The van der Waals surface area contributed by atoms with Gasteiger partial charge in [-0.25, -0.2) is 0 Å². The predicted octanol–water partition coefficient (Wildman–Crippen LogP) is 5.05. The molecule has 0 bridgehead atoms. The number of hydrogen-bond acceptors (Lipinski definition) is 9. The minimum Gasteiger partial charge on any atom is -0.493 e. The Morgan fingerprint density at radius 2 is 1.05 bits per heavy atom. The maximum Gasteiger partial charge on any atom is 0.196 e. The van der Waals surface area contributed by atoms with Gasteiger partial charge in [0.25, 0.3) is 0 Å². The molecule has 0 radical (unpaired) electrons. The highest BCUT2D eigenvalue weighted by atomic mass is 16.5. The summed E-state index contributed by atoms with van der Waals surface area (Å²) in [6.07, 6.45) is 3.06. The lowest BCUT2D eigenvalue weighted by molar-refractivity contribution is 0.103. The zero-order valence-electron chi connectivity index (χ0n) is 22.4. The number of ether oxygens (including phenoxy) is 4. The average Bonchev–Trinajstić information content (AvgIpc) is 3.01. The number of aromatic nitrogens is 2. The second-order valence-electron chi connectivity index (χ2n) is 8.55. The molecular formula is C31H26N4O5. The van der Waals surface area contributed by atoms with Crippen molar-refractivity contribution in [3.63, 3.8) is 0 Å². The van der Waals surface area contributed by atoms with Crippen LogP contribution in [0, 0.1) is 22.7 Å². The number of rotatable bonds is 10. The SMILES string of the molecule is COc1ccc(C(C#N)c2ncccc2C(=O)c2cccnc2C(C#N)c2ccc(OC)c(OC)c2)cc1OC. The summed E-state index contributed by atoms with van der Waals surface area (Å²) >= 11 is 0. The van der Waals surface area contributed by atoms with Crippen LogP contribution in [0.25, 0.3) is 0 Å². The van der Waals surface area contributed by atoms with Crippen LogP contribution in [-0.2, 0) is 0 Å². The van der Waals surface area contributed by atoms with Gasteiger partial charge in [0, 0.05) is 23.5 Å². The first kappa shape index (κ1) is 27.6. The van der Waals surface area contributed by atoms with Crippen LogP contribution in [0.2, 0.25) is 0 Å². The lowest BCUT2D eigenvalue weighted by atomic mass is 9.87. The van der Waals surface area contributed by atoms with Gasteiger partial charge in [0.2, 0.25) is 0 Å². The molecule has 0 aliphatic heterocycles. The summed E-state index contributed by atoms with van der Waals surface area (Å²) in [5.74, 6) is -0.241. The molecule has 0 spiro atoms. The fraction of sp³-hybridized carbons (Fsp3) is 0.194. The maximum atomic E-state index is 14.1. The van der Waals surface area contributed by atoms with Crippen molar-refractivity contribution in [2.24, 2.45) is 0 Å². The molecule has 4 aromatic rings. The van der Waals surface area contributed by atoms with E-state index >= 15 is 0 Å². The van der Waals surface area contributed by atoms with Crippen LogP contribution < -0.4 is 18.9 Å². The first-order chi connectivity index (χ1) is 19.5. The molecule has 9 heteroatoms. The van der Waals surface area contributed by atoms with Gasteiger partial charge in [0.05, 0.1) is 52.0 Å². The van der Waals surface area contributed by atoms with Crippen molar-refractivity contribution in [3.8, 4) is 35.1 Å². The Morgan fingerprint density at radius 1 is 0.650 bits per heavy atom. The van der Waals surface area contributed by atoms with E-state index in [1.165, 1.54) is 40.8 Å². The molecule has 200 valence electrons. The van der Waals surface area contributed by atoms with Gasteiger partial charge < -0.3 is 18.9 Å². The molecule has 0 amide bonds. The molecule has 2 aromatic heterocycles. The molecule has 0 aliphatic carbocycles. The molecule has 9 nitrogen and oxygen atoms in total. The van der Waals surface area contributed by atoms with Crippen LogP contribution in [-0.4, -0.2) is 44.2 Å². The first-order valence-electron chi connectivity index (χ1n) is 12.2. The van der Waals surface area contributed by atoms with Crippen molar-refractivity contribution in [3.05, 3.63) is 107 Å². The van der Waals surface area contributed by atoms with Crippen molar-refractivity contribution in [1.82, 2.24) is 9.97 Å². The number of ketones is 1. The highest BCUT2D eigenvalue weighted by Gasteiger charge is 2.28. The Bertz CT molecular complexity index is 1500. The molecule has 0 aliphatic rings. The summed E-state index contributed by atoms with van der Waals surface area (Å²) < 4.78 is 21.4. The van der Waals surface area contributed by atoms with Gasteiger partial charge in [-0.05, 0) is 59.7 Å². The third kappa shape index (κ3) is 5.27. The summed E-state index contributed by atoms with van der Waals surface area (Å²) in [5, 5.41) is 20.3. The Balaban J connectivity index is 1.80. The van der Waals surface area contributed by atoms with E-state index in [1.807, 2.05) is 0 Å². The average molecular weight is 535 g/mol. The van der Waals surface area contributed by atoms with Gasteiger partial charge in [-0.3, -0.25) is 14.8 Å². The van der Waals surface area contributed by atoms with Crippen LogP contribution in [0.15, 0.2) is 73.1 Å². The standard InChI is InChI=1S/C31H26N4O5/c1-37-25-11-9-19(15-27(25)39-3)23(17-32)29-21(7-5-13-34-29)31(36)22-8-6-14-35-30(22)24(18-33)20-10-12-26(38-2)28(16-20)40-4/h5-16,23-24H,1-4H3. The number of benzene rings is 2. The summed E-state index contributed by atoms with van der Waals surface area (Å²) in [7, 11) is 6.06. The predicted molar refractivity (Wildman–Crippen MR) is 146 cm³/mol. The van der Waals surface area contributed by atoms with E-state index in [4.69, 9.17) is 18.9 Å². The molecule has 0 fully saturated rings. The summed E-state index contributed by atoms with van der Waals surface area (Å²) in [5.41, 5.74) is 2.16. The monoisotopic (exact) mass is 534 g/mol. The molecule has 2 atom stereocenters. The third-order valence-electron chi connectivity index (χ3n) is 6.45. The van der Waals surface area contributed by atoms with Crippen LogP contribution in [0.3, 0.4) is 0 Å². The van der Waals surface area contributed by atoms with Crippen molar-refractivity contribution in [2.45, 2.75) is 11.8 Å². The second kappa shape index (κ2) is 12.4. The number of pyridine rings is 2. The smallest absolute Gasteiger partial charge is 0.196 e. The van der Waals surface area contributed by atoms with Gasteiger partial charge in [0.15, 0.2) is 28.8 Å². The molecule has 0 saturated carbocycles. The largest absolute Gasteiger partial charge is 0.493 e. The molecule has 0 N–H and O–H groups in total. The molecular weight excluding hydrogens is 508 g/mol. The molecule has 4 rings (SSSR count). The highest BCUT2D eigenvalue weighted by molar-refractivity contribution is 6.10. The number of carbonyl (C=O) groups excluding carboxylic acids is 1. The van der Waals surface area contributed by atoms with E-state index in [1.54, 1.807) is 60.7 Å². The lowest BCUT2D eigenvalue weighted by Crippen LogP contribution is -2.15. The normalized spacial score (nSPS) is 11.8. The number of nitrogens with zero attached hydrogens (tertiary/aromatic N) is 4. The molecule has 2 heterocycles. The zero-order valence-corrected chi connectivity index (χ0v) is 22.4. The third-order valence-corrected chi connectivity index (χ3v) is 6.45. The molecule has 2 unspecified atom stereocenters. The highest BCUT2D eigenvalue weighted by Crippen LogP contribution is 2.36. The van der Waals surface area contributed by atoms with Crippen LogP contribution in [0.1, 0.15) is 50.3 Å². The summed E-state index contributed by atoms with van der Waals surface area (Å²) in [6, 6.07) is 21.3. The van der Waals surface area contributed by atoms with Crippen LogP contribution >= 0.6 is 0 Å². The van der Waals surface area contributed by atoms with Gasteiger partial charge >= 0.3 is 0 Å². The van der Waals surface area contributed by atoms with Crippen molar-refractivity contribution >= 4 is 5.78 Å². The zero-order chi connectivity index (χ0) is 28.6. The fourth-order valence-electron chi connectivity index (χ4n) is 4.48. The van der Waals surface area contributed by atoms with Gasteiger partial charge in [0.1, 0.15) is 11.8 Å². The van der Waals surface area contributed by atoms with Crippen molar-refractivity contribution in [1.29, 1.82) is 10.5 Å². The van der Waals surface area contributed by atoms with Crippen molar-refractivity contribution in [2.75, 3.05) is 28.4 Å². The van der Waals surface area contributed by atoms with Gasteiger partial charge in [-0.15, -0.1) is 0 Å².